The van der Waals surface area contributed by atoms with Crippen LogP contribution in [0.25, 0.3) is 0 Å². The van der Waals surface area contributed by atoms with E-state index in [1.54, 1.807) is 6.92 Å². The molecule has 0 radical (unpaired) electrons. The molecule has 0 N–H and O–H groups in total. The van der Waals surface area contributed by atoms with Crippen LogP contribution in [0.3, 0.4) is 0 Å². The lowest BCUT2D eigenvalue weighted by atomic mass is 9.99. The molecule has 0 aliphatic carbocycles. The zero-order valence-corrected chi connectivity index (χ0v) is 13.6. The Kier molecular flexibility index (Phi) is 5.45. The van der Waals surface area contributed by atoms with Crippen LogP contribution in [0.4, 0.5) is 4.39 Å². The molecule has 0 aromatic heterocycles. The Hall–Kier alpha value is -1.54. The van der Waals surface area contributed by atoms with Gasteiger partial charge < -0.3 is 23.7 Å². The van der Waals surface area contributed by atoms with E-state index in [2.05, 4.69) is 0 Å². The van der Waals surface area contributed by atoms with Gasteiger partial charge in [0.1, 0.15) is 12.2 Å². The van der Waals surface area contributed by atoms with Gasteiger partial charge in [-0.3, -0.25) is 4.79 Å². The lowest BCUT2D eigenvalue weighted by Gasteiger charge is -2.45. The monoisotopic (exact) mass is 340 g/mol. The zero-order chi connectivity index (χ0) is 17.1. The van der Waals surface area contributed by atoms with Crippen LogP contribution >= 0.6 is 0 Å². The number of esters is 1. The van der Waals surface area contributed by atoms with Crippen LogP contribution in [-0.2, 0) is 35.1 Å². The van der Waals surface area contributed by atoms with Crippen molar-refractivity contribution in [3.05, 3.63) is 35.9 Å². The van der Waals surface area contributed by atoms with Gasteiger partial charge in [0.25, 0.3) is 0 Å². The SMILES string of the molecule is CC(=O)O[C@H]1[C@H](F)[C@@H](OCc2ccccc2)O[C@@H]2COC(C)O[C@@H]12. The van der Waals surface area contributed by atoms with Gasteiger partial charge in [0, 0.05) is 6.92 Å². The Balaban J connectivity index is 1.70. The molecular formula is C17H21FO6. The smallest absolute Gasteiger partial charge is 0.303 e. The molecule has 2 fully saturated rings. The van der Waals surface area contributed by atoms with E-state index in [0.717, 1.165) is 5.56 Å². The molecule has 0 amide bonds. The molecule has 2 aliphatic rings. The Bertz CT molecular complexity index is 553. The second kappa shape index (κ2) is 7.57. The number of halogens is 1. The second-order valence-corrected chi connectivity index (χ2v) is 5.86. The van der Waals surface area contributed by atoms with Gasteiger partial charge in [-0.2, -0.15) is 0 Å². The van der Waals surface area contributed by atoms with Crippen molar-refractivity contribution in [3.8, 4) is 0 Å². The van der Waals surface area contributed by atoms with Crippen molar-refractivity contribution in [2.75, 3.05) is 6.61 Å². The number of benzene rings is 1. The van der Waals surface area contributed by atoms with E-state index < -0.39 is 43.0 Å². The molecule has 2 saturated heterocycles. The zero-order valence-electron chi connectivity index (χ0n) is 13.6. The molecule has 2 heterocycles. The van der Waals surface area contributed by atoms with Gasteiger partial charge in [-0.25, -0.2) is 4.39 Å². The Morgan fingerprint density at radius 3 is 2.75 bits per heavy atom. The van der Waals surface area contributed by atoms with Crippen molar-refractivity contribution in [1.29, 1.82) is 0 Å². The molecule has 24 heavy (non-hydrogen) atoms. The average Bonchev–Trinajstić information content (AvgIpc) is 2.57. The maximum Gasteiger partial charge on any atom is 0.303 e. The van der Waals surface area contributed by atoms with E-state index in [1.165, 1.54) is 6.92 Å². The Morgan fingerprint density at radius 2 is 2.04 bits per heavy atom. The molecule has 3 rings (SSSR count). The van der Waals surface area contributed by atoms with E-state index >= 15 is 0 Å². The first-order chi connectivity index (χ1) is 11.5. The second-order valence-electron chi connectivity index (χ2n) is 5.86. The topological polar surface area (TPSA) is 63.2 Å². The number of carbonyl (C=O) groups is 1. The number of alkyl halides is 1. The van der Waals surface area contributed by atoms with Crippen LogP contribution in [0, 0.1) is 0 Å². The van der Waals surface area contributed by atoms with E-state index in [4.69, 9.17) is 23.7 Å². The molecular weight excluding hydrogens is 319 g/mol. The molecule has 0 saturated carbocycles. The quantitative estimate of drug-likeness (QED) is 0.781. The van der Waals surface area contributed by atoms with Gasteiger partial charge >= 0.3 is 5.97 Å². The van der Waals surface area contributed by atoms with E-state index in [0.29, 0.717) is 0 Å². The number of ether oxygens (including phenoxy) is 5. The Labute approximate surface area is 139 Å². The van der Waals surface area contributed by atoms with Crippen molar-refractivity contribution in [3.63, 3.8) is 0 Å². The minimum Gasteiger partial charge on any atom is -0.456 e. The van der Waals surface area contributed by atoms with Crippen LogP contribution < -0.4 is 0 Å². The maximum absolute atomic E-state index is 14.8. The molecule has 1 aromatic rings. The summed E-state index contributed by atoms with van der Waals surface area (Å²) in [6, 6.07) is 9.37. The maximum atomic E-state index is 14.8. The number of hydrogen-bond acceptors (Lipinski definition) is 6. The van der Waals surface area contributed by atoms with Crippen LogP contribution in [0.5, 0.6) is 0 Å². The highest BCUT2D eigenvalue weighted by molar-refractivity contribution is 5.66. The van der Waals surface area contributed by atoms with Crippen LogP contribution in [0.1, 0.15) is 19.4 Å². The summed E-state index contributed by atoms with van der Waals surface area (Å²) in [6.45, 7) is 3.35. The summed E-state index contributed by atoms with van der Waals surface area (Å²) in [4.78, 5) is 11.3. The number of hydrogen-bond donors (Lipinski definition) is 0. The first-order valence-electron chi connectivity index (χ1n) is 7.94. The highest BCUT2D eigenvalue weighted by Crippen LogP contribution is 2.32. The molecule has 1 unspecified atom stereocenters. The van der Waals surface area contributed by atoms with Crippen LogP contribution in [0.2, 0.25) is 0 Å². The fourth-order valence-corrected chi connectivity index (χ4v) is 2.87. The summed E-state index contributed by atoms with van der Waals surface area (Å²) in [7, 11) is 0. The van der Waals surface area contributed by atoms with Gasteiger partial charge in [0.15, 0.2) is 24.9 Å². The van der Waals surface area contributed by atoms with Gasteiger partial charge in [-0.15, -0.1) is 0 Å². The third-order valence-corrected chi connectivity index (χ3v) is 3.98. The first kappa shape index (κ1) is 17.3. The summed E-state index contributed by atoms with van der Waals surface area (Å²) in [5.74, 6) is -0.576. The summed E-state index contributed by atoms with van der Waals surface area (Å²) >= 11 is 0. The molecule has 7 heteroatoms. The molecule has 0 spiro atoms. The van der Waals surface area contributed by atoms with Crippen molar-refractivity contribution in [2.45, 2.75) is 57.5 Å². The lowest BCUT2D eigenvalue weighted by molar-refractivity contribution is -0.350. The predicted octanol–water partition coefficient (Wildman–Crippen LogP) is 1.96. The van der Waals surface area contributed by atoms with Crippen molar-refractivity contribution in [1.82, 2.24) is 0 Å². The van der Waals surface area contributed by atoms with Crippen LogP contribution in [-0.4, -0.2) is 49.6 Å². The fourth-order valence-electron chi connectivity index (χ4n) is 2.87. The largest absolute Gasteiger partial charge is 0.456 e. The molecule has 132 valence electrons. The highest BCUT2D eigenvalue weighted by atomic mass is 19.1. The standard InChI is InChI=1S/C17H21FO6/c1-10(19)22-16-14(18)17(21-8-12-6-4-3-5-7-12)24-13-9-20-11(2)23-15(13)16/h3-7,11,13-17H,8-9H2,1-2H3/t11?,13-,14+,15-,16+,17+/m1/s1. The average molecular weight is 340 g/mol. The van der Waals surface area contributed by atoms with E-state index in [-0.39, 0.29) is 13.2 Å². The molecule has 0 bridgehead atoms. The molecule has 6 nitrogen and oxygen atoms in total. The predicted molar refractivity (Wildman–Crippen MR) is 80.6 cm³/mol. The minimum atomic E-state index is -1.65. The summed E-state index contributed by atoms with van der Waals surface area (Å²) < 4.78 is 42.1. The normalized spacial score (nSPS) is 36.0. The minimum absolute atomic E-state index is 0.189. The highest BCUT2D eigenvalue weighted by Gasteiger charge is 2.52. The third-order valence-electron chi connectivity index (χ3n) is 3.98. The molecule has 1 aromatic carbocycles. The first-order valence-corrected chi connectivity index (χ1v) is 7.94. The van der Waals surface area contributed by atoms with E-state index in [1.807, 2.05) is 30.3 Å². The lowest BCUT2D eigenvalue weighted by Crippen LogP contribution is -2.62. The number of fused-ring (bicyclic) bond motifs is 1. The molecule has 2 aliphatic heterocycles. The van der Waals surface area contributed by atoms with E-state index in [9.17, 15) is 9.18 Å². The number of rotatable bonds is 4. The van der Waals surface area contributed by atoms with Gasteiger partial charge in [-0.1, -0.05) is 30.3 Å². The Morgan fingerprint density at radius 1 is 1.29 bits per heavy atom. The fraction of sp³-hybridized carbons (Fsp3) is 0.588. The summed E-state index contributed by atoms with van der Waals surface area (Å²) in [6.07, 6.45) is -5.68. The van der Waals surface area contributed by atoms with Gasteiger partial charge in [-0.05, 0) is 12.5 Å². The van der Waals surface area contributed by atoms with Crippen molar-refractivity contribution in [2.24, 2.45) is 0 Å². The summed E-state index contributed by atoms with van der Waals surface area (Å²) in [5.41, 5.74) is 0.893. The van der Waals surface area contributed by atoms with Crippen LogP contribution in [0.15, 0.2) is 30.3 Å². The van der Waals surface area contributed by atoms with Gasteiger partial charge in [0.05, 0.1) is 13.2 Å². The number of carbonyl (C=O) groups excluding carboxylic acids is 1. The summed E-state index contributed by atoms with van der Waals surface area (Å²) in [5, 5.41) is 0. The van der Waals surface area contributed by atoms with Gasteiger partial charge in [0.2, 0.25) is 0 Å². The van der Waals surface area contributed by atoms with Crippen molar-refractivity contribution >= 4 is 5.97 Å². The molecule has 6 atom stereocenters. The third kappa shape index (κ3) is 3.92. The van der Waals surface area contributed by atoms with Crippen molar-refractivity contribution < 1.29 is 32.9 Å².